The zero-order valence-corrected chi connectivity index (χ0v) is 13.6. The number of rotatable bonds is 4. The van der Waals surface area contributed by atoms with Gasteiger partial charge in [0.25, 0.3) is 0 Å². The van der Waals surface area contributed by atoms with Gasteiger partial charge in [0.15, 0.2) is 0 Å². The molecule has 0 bridgehead atoms. The Morgan fingerprint density at radius 2 is 1.95 bits per heavy atom. The molecular weight excluding hydrogens is 288 g/mol. The second-order valence-electron chi connectivity index (χ2n) is 5.67. The number of ether oxygens (including phenoxy) is 1. The molecule has 0 radical (unpaired) electrons. The molecule has 1 aliphatic rings. The molecule has 6 heteroatoms. The number of hydrogen-bond donors (Lipinski definition) is 1. The van der Waals surface area contributed by atoms with E-state index in [0.717, 1.165) is 12.0 Å². The predicted molar refractivity (Wildman–Crippen MR) is 82.4 cm³/mol. The van der Waals surface area contributed by atoms with Crippen molar-refractivity contribution >= 4 is 10.0 Å². The van der Waals surface area contributed by atoms with Crippen molar-refractivity contribution in [3.63, 3.8) is 0 Å². The van der Waals surface area contributed by atoms with Crippen LogP contribution in [0.25, 0.3) is 0 Å². The van der Waals surface area contributed by atoms with Gasteiger partial charge in [-0.1, -0.05) is 19.1 Å². The van der Waals surface area contributed by atoms with Crippen LogP contribution < -0.4 is 5.73 Å². The Hall–Kier alpha value is -0.950. The summed E-state index contributed by atoms with van der Waals surface area (Å²) in [7, 11) is -3.49. The van der Waals surface area contributed by atoms with Gasteiger partial charge in [-0.3, -0.25) is 0 Å². The van der Waals surface area contributed by atoms with Gasteiger partial charge in [0.05, 0.1) is 17.1 Å². The van der Waals surface area contributed by atoms with Crippen molar-refractivity contribution < 1.29 is 13.2 Å². The van der Waals surface area contributed by atoms with Crippen molar-refractivity contribution in [3.8, 4) is 0 Å². The molecule has 1 saturated heterocycles. The first-order valence-corrected chi connectivity index (χ1v) is 8.79. The summed E-state index contributed by atoms with van der Waals surface area (Å²) >= 11 is 0. The van der Waals surface area contributed by atoms with E-state index in [4.69, 9.17) is 10.5 Å². The fourth-order valence-corrected chi connectivity index (χ4v) is 4.26. The van der Waals surface area contributed by atoms with Gasteiger partial charge in [-0.2, -0.15) is 4.31 Å². The molecule has 0 spiro atoms. The van der Waals surface area contributed by atoms with Crippen LogP contribution in [0.2, 0.25) is 0 Å². The first kappa shape index (κ1) is 16.4. The molecular formula is C15H24N2O3S. The lowest BCUT2D eigenvalue weighted by Gasteiger charge is -2.34. The van der Waals surface area contributed by atoms with E-state index < -0.39 is 10.0 Å². The van der Waals surface area contributed by atoms with E-state index in [2.05, 4.69) is 0 Å². The maximum Gasteiger partial charge on any atom is 0.243 e. The summed E-state index contributed by atoms with van der Waals surface area (Å²) in [6.07, 6.45) is 0.587. The average molecular weight is 312 g/mol. The SMILES string of the molecule is CCC(N)c1cccc(S(=O)(=O)N2C[C@@H](C)O[C@@H](C)C2)c1. The highest BCUT2D eigenvalue weighted by Crippen LogP contribution is 2.24. The van der Waals surface area contributed by atoms with Crippen LogP contribution in [0, 0.1) is 0 Å². The Morgan fingerprint density at radius 1 is 1.33 bits per heavy atom. The largest absolute Gasteiger partial charge is 0.373 e. The van der Waals surface area contributed by atoms with Crippen molar-refractivity contribution in [2.24, 2.45) is 5.73 Å². The predicted octanol–water partition coefficient (Wildman–Crippen LogP) is 1.89. The maximum atomic E-state index is 12.8. The Kier molecular flexibility index (Phi) is 5.03. The lowest BCUT2D eigenvalue weighted by atomic mass is 10.1. The van der Waals surface area contributed by atoms with Crippen LogP contribution in [-0.4, -0.2) is 38.0 Å². The lowest BCUT2D eigenvalue weighted by molar-refractivity contribution is -0.0440. The maximum absolute atomic E-state index is 12.8. The normalized spacial score (nSPS) is 25.7. The molecule has 1 aliphatic heterocycles. The Balaban J connectivity index is 2.31. The van der Waals surface area contributed by atoms with Crippen molar-refractivity contribution in [2.75, 3.05) is 13.1 Å². The van der Waals surface area contributed by atoms with E-state index in [1.807, 2.05) is 26.8 Å². The quantitative estimate of drug-likeness (QED) is 0.921. The van der Waals surface area contributed by atoms with Crippen LogP contribution in [0.1, 0.15) is 38.8 Å². The van der Waals surface area contributed by atoms with Crippen LogP contribution in [0.4, 0.5) is 0 Å². The van der Waals surface area contributed by atoms with Gasteiger partial charge < -0.3 is 10.5 Å². The topological polar surface area (TPSA) is 72.6 Å². The summed E-state index contributed by atoms with van der Waals surface area (Å²) in [6.45, 7) is 6.54. The second-order valence-corrected chi connectivity index (χ2v) is 7.60. The molecule has 1 unspecified atom stereocenters. The monoisotopic (exact) mass is 312 g/mol. The van der Waals surface area contributed by atoms with Crippen LogP contribution in [0.3, 0.4) is 0 Å². The molecule has 0 saturated carbocycles. The molecule has 0 aromatic heterocycles. The first-order chi connectivity index (χ1) is 9.84. The molecule has 1 aromatic rings. The van der Waals surface area contributed by atoms with Crippen LogP contribution in [-0.2, 0) is 14.8 Å². The molecule has 5 nitrogen and oxygen atoms in total. The van der Waals surface area contributed by atoms with Crippen LogP contribution in [0.15, 0.2) is 29.2 Å². The first-order valence-electron chi connectivity index (χ1n) is 7.35. The van der Waals surface area contributed by atoms with Gasteiger partial charge in [0.2, 0.25) is 10.0 Å². The third-order valence-corrected chi connectivity index (χ3v) is 5.58. The summed E-state index contributed by atoms with van der Waals surface area (Å²) in [5.41, 5.74) is 6.86. The number of nitrogens with zero attached hydrogens (tertiary/aromatic N) is 1. The van der Waals surface area contributed by atoms with Gasteiger partial charge in [-0.05, 0) is 38.0 Å². The fraction of sp³-hybridized carbons (Fsp3) is 0.600. The highest BCUT2D eigenvalue weighted by Gasteiger charge is 2.32. The number of sulfonamides is 1. The fourth-order valence-electron chi connectivity index (χ4n) is 2.62. The minimum atomic E-state index is -3.49. The number of nitrogens with two attached hydrogens (primary N) is 1. The van der Waals surface area contributed by atoms with Gasteiger partial charge in [-0.15, -0.1) is 0 Å². The highest BCUT2D eigenvalue weighted by molar-refractivity contribution is 7.89. The van der Waals surface area contributed by atoms with Gasteiger partial charge in [0, 0.05) is 19.1 Å². The minimum Gasteiger partial charge on any atom is -0.373 e. The molecule has 1 heterocycles. The van der Waals surface area contributed by atoms with E-state index in [-0.39, 0.29) is 18.2 Å². The third kappa shape index (κ3) is 3.63. The average Bonchev–Trinajstić information content (AvgIpc) is 2.45. The summed E-state index contributed by atoms with van der Waals surface area (Å²) in [5.74, 6) is 0. The van der Waals surface area contributed by atoms with Crippen molar-refractivity contribution in [1.29, 1.82) is 0 Å². The summed E-state index contributed by atoms with van der Waals surface area (Å²) in [6, 6.07) is 6.81. The van der Waals surface area contributed by atoms with E-state index in [1.54, 1.807) is 18.2 Å². The lowest BCUT2D eigenvalue weighted by Crippen LogP contribution is -2.48. The van der Waals surface area contributed by atoms with Gasteiger partial charge in [0.1, 0.15) is 0 Å². The van der Waals surface area contributed by atoms with Crippen molar-refractivity contribution in [2.45, 2.75) is 50.3 Å². The smallest absolute Gasteiger partial charge is 0.243 e. The molecule has 3 atom stereocenters. The van der Waals surface area contributed by atoms with E-state index in [9.17, 15) is 8.42 Å². The molecule has 0 amide bonds. The van der Waals surface area contributed by atoms with E-state index in [0.29, 0.717) is 18.0 Å². The molecule has 1 aromatic carbocycles. The van der Waals surface area contributed by atoms with Crippen LogP contribution >= 0.6 is 0 Å². The molecule has 118 valence electrons. The Morgan fingerprint density at radius 3 is 2.52 bits per heavy atom. The van der Waals surface area contributed by atoms with Crippen molar-refractivity contribution in [3.05, 3.63) is 29.8 Å². The summed E-state index contributed by atoms with van der Waals surface area (Å²) in [5, 5.41) is 0. The number of morpholine rings is 1. The minimum absolute atomic E-state index is 0.0930. The standard InChI is InChI=1S/C15H24N2O3S/c1-4-15(16)13-6-5-7-14(8-13)21(18,19)17-9-11(2)20-12(3)10-17/h5-8,11-12,15H,4,9-10,16H2,1-3H3/t11-,12+,15?. The number of benzene rings is 1. The van der Waals surface area contributed by atoms with Gasteiger partial charge >= 0.3 is 0 Å². The van der Waals surface area contributed by atoms with E-state index in [1.165, 1.54) is 4.31 Å². The molecule has 21 heavy (non-hydrogen) atoms. The Labute approximate surface area is 127 Å². The molecule has 1 fully saturated rings. The summed E-state index contributed by atoms with van der Waals surface area (Å²) in [4.78, 5) is 0.310. The van der Waals surface area contributed by atoms with E-state index >= 15 is 0 Å². The third-order valence-electron chi connectivity index (χ3n) is 3.75. The molecule has 2 N–H and O–H groups in total. The summed E-state index contributed by atoms with van der Waals surface area (Å²) < 4.78 is 32.6. The Bertz CT molecular complexity index is 578. The van der Waals surface area contributed by atoms with Crippen LogP contribution in [0.5, 0.6) is 0 Å². The zero-order chi connectivity index (χ0) is 15.6. The molecule has 0 aliphatic carbocycles. The molecule has 2 rings (SSSR count). The van der Waals surface area contributed by atoms with Gasteiger partial charge in [-0.25, -0.2) is 8.42 Å². The zero-order valence-electron chi connectivity index (χ0n) is 12.8. The van der Waals surface area contributed by atoms with Crippen molar-refractivity contribution in [1.82, 2.24) is 4.31 Å². The number of hydrogen-bond acceptors (Lipinski definition) is 4. The second kappa shape index (κ2) is 6.44. The highest BCUT2D eigenvalue weighted by atomic mass is 32.2.